The van der Waals surface area contributed by atoms with Gasteiger partial charge in [0, 0.05) is 18.4 Å². The van der Waals surface area contributed by atoms with E-state index in [1.165, 1.54) is 19.9 Å². The first-order valence-electron chi connectivity index (χ1n) is 31.5. The Balaban J connectivity index is 1.04. The lowest BCUT2D eigenvalue weighted by Crippen LogP contribution is -2.72. The van der Waals surface area contributed by atoms with Gasteiger partial charge in [-0.05, 0) is 97.7 Å². The number of fused-ring (bicyclic) bond motifs is 7. The summed E-state index contributed by atoms with van der Waals surface area (Å²) in [4.78, 5) is 39.8. The topological polar surface area (TPSA) is 427 Å². The van der Waals surface area contributed by atoms with Crippen LogP contribution >= 0.6 is 0 Å². The zero-order valence-electron chi connectivity index (χ0n) is 52.4. The van der Waals surface area contributed by atoms with Gasteiger partial charge in [0.2, 0.25) is 0 Å². The van der Waals surface area contributed by atoms with E-state index in [1.807, 2.05) is 34.6 Å². The first kappa shape index (κ1) is 70.4. The third-order valence-corrected chi connectivity index (χ3v) is 22.9. The van der Waals surface area contributed by atoms with Crippen molar-refractivity contribution < 1.29 is 133 Å². The number of ether oxygens (including phenoxy) is 10. The van der Waals surface area contributed by atoms with E-state index in [1.54, 1.807) is 6.08 Å². The van der Waals surface area contributed by atoms with Crippen LogP contribution in [0.25, 0.3) is 0 Å². The third-order valence-electron chi connectivity index (χ3n) is 22.9. The second-order valence-electron chi connectivity index (χ2n) is 28.7. The summed E-state index contributed by atoms with van der Waals surface area (Å²) in [6.07, 6.45) is -32.0. The van der Waals surface area contributed by atoms with Crippen molar-refractivity contribution in [2.24, 2.45) is 50.2 Å². The van der Waals surface area contributed by atoms with Gasteiger partial charge in [0.15, 0.2) is 31.3 Å². The fourth-order valence-corrected chi connectivity index (χ4v) is 17.8. The van der Waals surface area contributed by atoms with Crippen LogP contribution in [0.4, 0.5) is 0 Å². The maximum absolute atomic E-state index is 13.4. The molecule has 89 heavy (non-hydrogen) atoms. The molecule has 14 N–H and O–H groups in total. The van der Waals surface area contributed by atoms with Gasteiger partial charge in [0.05, 0.1) is 43.5 Å². The maximum atomic E-state index is 13.4. The lowest BCUT2D eigenvalue weighted by molar-refractivity contribution is -0.404. The second-order valence-corrected chi connectivity index (χ2v) is 28.7. The normalized spacial score (nSPS) is 50.3. The van der Waals surface area contributed by atoms with E-state index in [2.05, 4.69) is 26.8 Å². The summed E-state index contributed by atoms with van der Waals surface area (Å²) < 4.78 is 61.1. The van der Waals surface area contributed by atoms with Gasteiger partial charge in [-0.1, -0.05) is 79.5 Å². The summed E-state index contributed by atoms with van der Waals surface area (Å²) in [6, 6.07) is 0. The quantitative estimate of drug-likeness (QED) is 0.0357. The number of unbranched alkanes of at least 4 members (excludes halogenated alkanes) is 1. The maximum Gasteiger partial charge on any atom is 0.335 e. The van der Waals surface area contributed by atoms with E-state index in [0.29, 0.717) is 44.9 Å². The van der Waals surface area contributed by atoms with Crippen LogP contribution in [0.2, 0.25) is 0 Å². The summed E-state index contributed by atoms with van der Waals surface area (Å²) in [5.74, 6) is -3.66. The molecule has 27 heteroatoms. The minimum absolute atomic E-state index is 0.0257. The van der Waals surface area contributed by atoms with Crippen molar-refractivity contribution in [2.75, 3.05) is 19.8 Å². The fourth-order valence-electron chi connectivity index (χ4n) is 17.8. The molecule has 0 amide bonds. The van der Waals surface area contributed by atoms with Crippen LogP contribution in [0, 0.1) is 50.2 Å². The molecule has 31 unspecified atom stereocenters. The van der Waals surface area contributed by atoms with Gasteiger partial charge in [0.25, 0.3) is 0 Å². The van der Waals surface area contributed by atoms with E-state index in [-0.39, 0.29) is 18.3 Å². The molecular weight excluding hydrogens is 1180 g/mol. The molecule has 4 aliphatic heterocycles. The Bertz CT molecular complexity index is 2570. The van der Waals surface area contributed by atoms with Gasteiger partial charge in [-0.2, -0.15) is 0 Å². The summed E-state index contributed by atoms with van der Waals surface area (Å²) in [6.45, 7) is 16.9. The number of esters is 2. The van der Waals surface area contributed by atoms with Crippen molar-refractivity contribution in [3.8, 4) is 0 Å². The molecule has 5 aliphatic carbocycles. The van der Waals surface area contributed by atoms with E-state index in [9.17, 15) is 85.9 Å². The number of aliphatic hydroxyl groups excluding tert-OH is 13. The highest BCUT2D eigenvalue weighted by atomic mass is 16.8. The van der Waals surface area contributed by atoms with E-state index < -0.39 is 223 Å². The summed E-state index contributed by atoms with van der Waals surface area (Å²) >= 11 is 0. The highest BCUT2D eigenvalue weighted by Crippen LogP contribution is 2.76. The Morgan fingerprint density at radius 1 is 0.629 bits per heavy atom. The Labute approximate surface area is 517 Å². The van der Waals surface area contributed by atoms with Gasteiger partial charge >= 0.3 is 17.9 Å². The molecule has 8 fully saturated rings. The number of allylic oxidation sites excluding steroid dienone is 3. The van der Waals surface area contributed by atoms with Crippen molar-refractivity contribution in [1.82, 2.24) is 0 Å². The molecule has 0 aromatic heterocycles. The zero-order chi connectivity index (χ0) is 65.6. The Hall–Kier alpha value is -2.95. The van der Waals surface area contributed by atoms with Crippen LogP contribution in [0.5, 0.6) is 0 Å². The fraction of sp³-hybridized carbons (Fsp3) is 0.887. The minimum atomic E-state index is -2.23. The monoisotopic (exact) mass is 1270 g/mol. The molecule has 508 valence electrons. The molecule has 0 spiro atoms. The second kappa shape index (κ2) is 26.3. The molecule has 0 radical (unpaired) electrons. The lowest BCUT2D eigenvalue weighted by Gasteiger charge is -2.72. The largest absolute Gasteiger partial charge is 0.479 e. The number of carbonyl (C=O) groups excluding carboxylic acids is 2. The van der Waals surface area contributed by atoms with Gasteiger partial charge in [-0.3, -0.25) is 4.79 Å². The highest BCUT2D eigenvalue weighted by molar-refractivity contribution is 5.82. The molecular formula is C62H98O27. The molecule has 4 heterocycles. The van der Waals surface area contributed by atoms with Crippen LogP contribution in [0.1, 0.15) is 127 Å². The number of carboxylic acids is 1. The predicted octanol–water partition coefficient (Wildman–Crippen LogP) is -1.05. The van der Waals surface area contributed by atoms with Crippen LogP contribution in [0.3, 0.4) is 0 Å². The van der Waals surface area contributed by atoms with Crippen LogP contribution in [-0.4, -0.2) is 256 Å². The van der Waals surface area contributed by atoms with Crippen LogP contribution in [0.15, 0.2) is 23.8 Å². The molecule has 0 bridgehead atoms. The highest BCUT2D eigenvalue weighted by Gasteiger charge is 2.74. The Morgan fingerprint density at radius 3 is 1.81 bits per heavy atom. The first-order valence-corrected chi connectivity index (χ1v) is 31.5. The molecule has 4 saturated carbocycles. The molecule has 0 aromatic rings. The molecule has 0 aromatic carbocycles. The number of aliphatic hydroxyl groups is 13. The van der Waals surface area contributed by atoms with Crippen LogP contribution in [-0.2, 0) is 61.8 Å². The van der Waals surface area contributed by atoms with Gasteiger partial charge < -0.3 is 119 Å². The number of hydrogen-bond donors (Lipinski definition) is 14. The van der Waals surface area contributed by atoms with Crippen molar-refractivity contribution >= 4 is 17.9 Å². The molecule has 9 aliphatic rings. The standard InChI is InChI=1S/C62H98O27/c1-11-12-13-14-36(68)85-50-51(81-27(3)66)62(25-65)29(21-57(50,4)5)28-15-16-33-59(8)19-18-35(58(6,7)32(59)17-20-60(33,9)61(28,10)22-34(62)67)84-56-48(45(77)46(49(89-56)52(78)79)86-54-44(76)41(73)38(70)30(23-63)82-54)88-55-47(42(74)39(71)31(24-64)83-55)87-53-43(75)40(72)37(69)26(2)80-53/h13-15,26,29-35,37-51,53-56,63-65,67,69-77H,11-12,16-25H2,1-10H3,(H,78,79). The number of hydrogen-bond acceptors (Lipinski definition) is 26. The van der Waals surface area contributed by atoms with E-state index >= 15 is 0 Å². The molecule has 27 nitrogen and oxygen atoms in total. The van der Waals surface area contributed by atoms with E-state index in [0.717, 1.165) is 12.0 Å². The van der Waals surface area contributed by atoms with Crippen LogP contribution < -0.4 is 0 Å². The van der Waals surface area contributed by atoms with Gasteiger partial charge in [-0.15, -0.1) is 0 Å². The lowest BCUT2D eigenvalue weighted by atomic mass is 9.33. The molecule has 9 rings (SSSR count). The van der Waals surface area contributed by atoms with Crippen molar-refractivity contribution in [1.29, 1.82) is 0 Å². The third kappa shape index (κ3) is 12.0. The predicted molar refractivity (Wildman–Crippen MR) is 303 cm³/mol. The van der Waals surface area contributed by atoms with E-state index in [4.69, 9.17) is 47.4 Å². The molecule has 4 saturated heterocycles. The molecule has 31 atom stereocenters. The average Bonchev–Trinajstić information content (AvgIpc) is 0.676. The summed E-state index contributed by atoms with van der Waals surface area (Å²) in [5.41, 5.74) is -3.62. The van der Waals surface area contributed by atoms with Crippen molar-refractivity contribution in [3.05, 3.63) is 23.8 Å². The number of aliphatic carboxylic acids is 1. The number of rotatable bonds is 17. The smallest absolute Gasteiger partial charge is 0.335 e. The van der Waals surface area contributed by atoms with Gasteiger partial charge in [0.1, 0.15) is 97.7 Å². The average molecular weight is 1280 g/mol. The Morgan fingerprint density at radius 2 is 1.20 bits per heavy atom. The van der Waals surface area contributed by atoms with Crippen molar-refractivity contribution in [2.45, 2.75) is 274 Å². The van der Waals surface area contributed by atoms with Crippen molar-refractivity contribution in [3.63, 3.8) is 0 Å². The first-order chi connectivity index (χ1) is 41.6. The number of carbonyl (C=O) groups is 3. The number of carboxylic acid groups (broad SMARTS) is 1. The summed E-state index contributed by atoms with van der Waals surface area (Å²) in [7, 11) is 0. The van der Waals surface area contributed by atoms with Gasteiger partial charge in [-0.25, -0.2) is 9.59 Å². The Kier molecular flexibility index (Phi) is 20.8. The zero-order valence-corrected chi connectivity index (χ0v) is 52.4. The minimum Gasteiger partial charge on any atom is -0.479 e. The summed E-state index contributed by atoms with van der Waals surface area (Å²) in [5, 5.41) is 156. The SMILES string of the molecule is CCCC=CC(=O)OC1C(OC(C)=O)C2(CO)C(O)CC3(C)C(=CCC4C5(C)CCC(OC6OC(C(=O)O)C(OC7OC(CO)C(O)C(O)C7O)C(O)C6OC6OC(CO)C(O)C(O)C6OC6OC(C)C(O)C(O)C6O)C(C)(C)C5CCC43C)C2CC1(C)C.